The van der Waals surface area contributed by atoms with Crippen molar-refractivity contribution >= 4 is 28.3 Å². The highest BCUT2D eigenvalue weighted by Gasteiger charge is 2.12. The minimum absolute atomic E-state index is 0.0456. The molecule has 0 radical (unpaired) electrons. The number of aromatic nitrogens is 3. The number of ketones is 1. The van der Waals surface area contributed by atoms with Crippen molar-refractivity contribution < 1.29 is 9.90 Å². The highest BCUT2D eigenvalue weighted by atomic mass is 32.2. The molecule has 1 N–H and O–H groups in total. The van der Waals surface area contributed by atoms with Gasteiger partial charge in [-0.2, -0.15) is 0 Å². The molecule has 0 saturated heterocycles. The first-order valence-corrected chi connectivity index (χ1v) is 7.81. The number of aliphatic hydroxyl groups is 1. The van der Waals surface area contributed by atoms with Crippen LogP contribution in [0.1, 0.15) is 16.2 Å². The summed E-state index contributed by atoms with van der Waals surface area (Å²) in [6.07, 6.45) is 0. The first-order valence-electron chi connectivity index (χ1n) is 6.83. The van der Waals surface area contributed by atoms with Gasteiger partial charge in [-0.3, -0.25) is 4.79 Å². The van der Waals surface area contributed by atoms with Gasteiger partial charge < -0.3 is 9.67 Å². The maximum Gasteiger partial charge on any atom is 0.191 e. The Morgan fingerprint density at radius 1 is 1.18 bits per heavy atom. The normalized spacial score (nSPS) is 11.0. The number of hydrogen-bond acceptors (Lipinski definition) is 5. The summed E-state index contributed by atoms with van der Waals surface area (Å²) < 4.78 is 1.69. The van der Waals surface area contributed by atoms with E-state index in [-0.39, 0.29) is 18.1 Å². The largest absolute Gasteiger partial charge is 0.388 e. The van der Waals surface area contributed by atoms with Crippen LogP contribution in [-0.4, -0.2) is 31.4 Å². The van der Waals surface area contributed by atoms with Gasteiger partial charge >= 0.3 is 0 Å². The van der Waals surface area contributed by atoms with Crippen molar-refractivity contribution in [2.45, 2.75) is 11.8 Å². The fourth-order valence-electron chi connectivity index (χ4n) is 2.18. The Labute approximate surface area is 132 Å². The Morgan fingerprint density at radius 3 is 2.68 bits per heavy atom. The van der Waals surface area contributed by atoms with Gasteiger partial charge in [0.15, 0.2) is 16.8 Å². The summed E-state index contributed by atoms with van der Waals surface area (Å²) in [6, 6.07) is 13.7. The van der Waals surface area contributed by atoms with E-state index >= 15 is 0 Å². The summed E-state index contributed by atoms with van der Waals surface area (Å²) >= 11 is 1.32. The lowest BCUT2D eigenvalue weighted by Gasteiger charge is -2.04. The molecule has 0 amide bonds. The third-order valence-corrected chi connectivity index (χ3v) is 4.49. The molecule has 6 heteroatoms. The van der Waals surface area contributed by atoms with Crippen LogP contribution >= 0.6 is 11.8 Å². The number of thioether (sulfide) groups is 1. The Bertz CT molecular complexity index is 829. The van der Waals surface area contributed by atoms with Crippen LogP contribution in [-0.2, 0) is 13.7 Å². The number of carbonyl (C=O) groups is 1. The molecule has 3 rings (SSSR count). The van der Waals surface area contributed by atoms with E-state index in [1.165, 1.54) is 11.8 Å². The lowest BCUT2D eigenvalue weighted by atomic mass is 10.1. The molecule has 112 valence electrons. The van der Waals surface area contributed by atoms with Gasteiger partial charge in [0.1, 0.15) is 6.61 Å². The standard InChI is InChI=1S/C16H15N3O2S/c1-19-15(9-20)17-18-16(19)22-10-14(21)13-7-6-11-4-2-3-5-12(11)8-13/h2-8,20H,9-10H2,1H3. The molecule has 0 fully saturated rings. The summed E-state index contributed by atoms with van der Waals surface area (Å²) in [5.74, 6) is 0.820. The van der Waals surface area contributed by atoms with E-state index in [4.69, 9.17) is 5.11 Å². The molecule has 2 aromatic carbocycles. The van der Waals surface area contributed by atoms with Crippen molar-refractivity contribution in [1.29, 1.82) is 0 Å². The van der Waals surface area contributed by atoms with E-state index in [1.54, 1.807) is 11.6 Å². The van der Waals surface area contributed by atoms with Crippen molar-refractivity contribution in [2.75, 3.05) is 5.75 Å². The molecule has 1 heterocycles. The van der Waals surface area contributed by atoms with Gasteiger partial charge in [0, 0.05) is 12.6 Å². The van der Waals surface area contributed by atoms with Crippen molar-refractivity contribution in [1.82, 2.24) is 14.8 Å². The first-order chi connectivity index (χ1) is 10.7. The fourth-order valence-corrected chi connectivity index (χ4v) is 3.01. The SMILES string of the molecule is Cn1c(CO)nnc1SCC(=O)c1ccc2ccccc2c1. The maximum absolute atomic E-state index is 12.3. The number of aliphatic hydroxyl groups excluding tert-OH is 1. The Kier molecular flexibility index (Phi) is 4.22. The summed E-state index contributed by atoms with van der Waals surface area (Å²) in [6.45, 7) is -0.164. The second kappa shape index (κ2) is 6.29. The molecule has 22 heavy (non-hydrogen) atoms. The average Bonchev–Trinajstić information content (AvgIpc) is 2.92. The average molecular weight is 313 g/mol. The van der Waals surface area contributed by atoms with Gasteiger partial charge in [-0.25, -0.2) is 0 Å². The third kappa shape index (κ3) is 2.88. The van der Waals surface area contributed by atoms with Crippen LogP contribution < -0.4 is 0 Å². The molecular formula is C16H15N3O2S. The maximum atomic E-state index is 12.3. The summed E-state index contributed by atoms with van der Waals surface area (Å²) in [4.78, 5) is 12.3. The molecule has 0 saturated carbocycles. The highest BCUT2D eigenvalue weighted by Crippen LogP contribution is 2.20. The molecule has 0 bridgehead atoms. The smallest absolute Gasteiger partial charge is 0.191 e. The van der Waals surface area contributed by atoms with E-state index in [0.717, 1.165) is 10.8 Å². The molecular weight excluding hydrogens is 298 g/mol. The number of carbonyl (C=O) groups excluding carboxylic acids is 1. The lowest BCUT2D eigenvalue weighted by molar-refractivity contribution is 0.102. The molecule has 3 aromatic rings. The molecule has 0 spiro atoms. The number of Topliss-reactive ketones (excluding diaryl/α,β-unsaturated/α-hetero) is 1. The summed E-state index contributed by atoms with van der Waals surface area (Å²) in [7, 11) is 1.77. The van der Waals surface area contributed by atoms with Crippen LogP contribution in [0.2, 0.25) is 0 Å². The number of rotatable bonds is 5. The van der Waals surface area contributed by atoms with E-state index < -0.39 is 0 Å². The predicted octanol–water partition coefficient (Wildman–Crippen LogP) is 2.44. The minimum Gasteiger partial charge on any atom is -0.388 e. The molecule has 0 aliphatic rings. The fraction of sp³-hybridized carbons (Fsp3) is 0.188. The van der Waals surface area contributed by atoms with Gasteiger partial charge in [0.05, 0.1) is 5.75 Å². The number of nitrogens with zero attached hydrogens (tertiary/aromatic N) is 3. The van der Waals surface area contributed by atoms with Crippen molar-refractivity contribution in [2.24, 2.45) is 7.05 Å². The highest BCUT2D eigenvalue weighted by molar-refractivity contribution is 7.99. The van der Waals surface area contributed by atoms with E-state index in [0.29, 0.717) is 16.5 Å². The third-order valence-electron chi connectivity index (χ3n) is 3.47. The molecule has 0 atom stereocenters. The van der Waals surface area contributed by atoms with Crippen molar-refractivity contribution in [3.8, 4) is 0 Å². The van der Waals surface area contributed by atoms with Gasteiger partial charge in [-0.15, -0.1) is 10.2 Å². The zero-order chi connectivity index (χ0) is 15.5. The topological polar surface area (TPSA) is 68.0 Å². The lowest BCUT2D eigenvalue weighted by Crippen LogP contribution is -2.04. The molecule has 0 aliphatic carbocycles. The van der Waals surface area contributed by atoms with Crippen LogP contribution in [0, 0.1) is 0 Å². The van der Waals surface area contributed by atoms with Crippen LogP contribution in [0.4, 0.5) is 0 Å². The zero-order valence-corrected chi connectivity index (χ0v) is 12.9. The molecule has 5 nitrogen and oxygen atoms in total. The van der Waals surface area contributed by atoms with Crippen LogP contribution in [0.25, 0.3) is 10.8 Å². The van der Waals surface area contributed by atoms with Gasteiger partial charge in [0.2, 0.25) is 0 Å². The minimum atomic E-state index is -0.164. The first kappa shape index (κ1) is 14.7. The Hall–Kier alpha value is -2.18. The molecule has 1 aromatic heterocycles. The van der Waals surface area contributed by atoms with Crippen LogP contribution in [0.15, 0.2) is 47.6 Å². The quantitative estimate of drug-likeness (QED) is 0.579. The molecule has 0 aliphatic heterocycles. The van der Waals surface area contributed by atoms with Gasteiger partial charge in [0.25, 0.3) is 0 Å². The van der Waals surface area contributed by atoms with Gasteiger partial charge in [-0.1, -0.05) is 48.2 Å². The van der Waals surface area contributed by atoms with Crippen LogP contribution in [0.5, 0.6) is 0 Å². The Balaban J connectivity index is 1.74. The summed E-state index contributed by atoms with van der Waals surface area (Å²) in [5, 5.41) is 19.7. The number of hydrogen-bond donors (Lipinski definition) is 1. The second-order valence-electron chi connectivity index (χ2n) is 4.89. The van der Waals surface area contributed by atoms with E-state index in [1.807, 2.05) is 42.5 Å². The van der Waals surface area contributed by atoms with E-state index in [9.17, 15) is 4.79 Å². The molecule has 0 unspecified atom stereocenters. The number of benzene rings is 2. The zero-order valence-electron chi connectivity index (χ0n) is 12.1. The predicted molar refractivity (Wildman–Crippen MR) is 85.9 cm³/mol. The van der Waals surface area contributed by atoms with Crippen molar-refractivity contribution in [3.63, 3.8) is 0 Å². The summed E-state index contributed by atoms with van der Waals surface area (Å²) in [5.41, 5.74) is 0.691. The van der Waals surface area contributed by atoms with Gasteiger partial charge in [-0.05, 0) is 16.8 Å². The van der Waals surface area contributed by atoms with Crippen LogP contribution in [0.3, 0.4) is 0 Å². The number of fused-ring (bicyclic) bond motifs is 1. The Morgan fingerprint density at radius 2 is 1.95 bits per heavy atom. The monoisotopic (exact) mass is 313 g/mol. The second-order valence-corrected chi connectivity index (χ2v) is 5.83. The van der Waals surface area contributed by atoms with Crippen molar-refractivity contribution in [3.05, 3.63) is 53.9 Å². The van der Waals surface area contributed by atoms with E-state index in [2.05, 4.69) is 10.2 Å².